The first-order valence-electron chi connectivity index (χ1n) is 3.51. The summed E-state index contributed by atoms with van der Waals surface area (Å²) in [6.07, 6.45) is -9.75. The Morgan fingerprint density at radius 1 is 0.867 bits per heavy atom. The fourth-order valence-electron chi connectivity index (χ4n) is 0.433. The van der Waals surface area contributed by atoms with Gasteiger partial charge in [0.2, 0.25) is 0 Å². The van der Waals surface area contributed by atoms with E-state index < -0.39 is 40.2 Å². The van der Waals surface area contributed by atoms with Crippen molar-refractivity contribution in [3.63, 3.8) is 0 Å². The van der Waals surface area contributed by atoms with Crippen LogP contribution < -0.4 is 5.73 Å². The highest BCUT2D eigenvalue weighted by Gasteiger charge is 2.32. The van der Waals surface area contributed by atoms with Gasteiger partial charge in [-0.25, -0.2) is 0 Å². The fraction of sp³-hybridized carbons (Fsp3) is 1.00. The molecule has 0 aromatic rings. The number of rotatable bonds is 5. The van der Waals surface area contributed by atoms with Gasteiger partial charge in [0.1, 0.15) is 13.2 Å². The first-order valence-corrected chi connectivity index (χ1v) is 4.87. The largest absolute Gasteiger partial charge is 0.412 e. The first kappa shape index (κ1) is 14.9. The number of nitrogens with two attached hydrogens (primary N) is 1. The fourth-order valence-corrected chi connectivity index (χ4v) is 1.30. The van der Waals surface area contributed by atoms with Crippen LogP contribution in [0.25, 0.3) is 0 Å². The summed E-state index contributed by atoms with van der Waals surface area (Å²) in [6.45, 7) is -3.35. The van der Waals surface area contributed by atoms with Gasteiger partial charge in [0.15, 0.2) is 8.38 Å². The maximum absolute atomic E-state index is 11.6. The van der Waals surface area contributed by atoms with E-state index in [9.17, 15) is 26.3 Å². The number of alkyl halides is 6. The minimum atomic E-state index is -4.61. The molecule has 0 heterocycles. The van der Waals surface area contributed by atoms with E-state index in [0.717, 1.165) is 0 Å². The highest BCUT2D eigenvalue weighted by Crippen LogP contribution is 2.39. The van der Waals surface area contributed by atoms with Gasteiger partial charge in [0, 0.05) is 0 Å². The zero-order chi connectivity index (χ0) is 12.1. The monoisotopic (exact) mass is 259 g/mol. The molecule has 0 saturated carbocycles. The molecule has 0 aromatic heterocycles. The maximum Gasteiger partial charge on any atom is 0.412 e. The van der Waals surface area contributed by atoms with Gasteiger partial charge in [0.05, 0.1) is 6.29 Å². The van der Waals surface area contributed by atoms with Crippen LogP contribution in [-0.2, 0) is 9.05 Å². The van der Waals surface area contributed by atoms with E-state index in [1.54, 1.807) is 0 Å². The molecule has 0 unspecified atom stereocenters. The highest BCUT2D eigenvalue weighted by molar-refractivity contribution is 7.47. The average molecular weight is 259 g/mol. The van der Waals surface area contributed by atoms with Crippen LogP contribution in [0.15, 0.2) is 0 Å². The molecule has 3 nitrogen and oxygen atoms in total. The Morgan fingerprint density at radius 2 is 1.20 bits per heavy atom. The van der Waals surface area contributed by atoms with Crippen LogP contribution in [0.5, 0.6) is 0 Å². The summed E-state index contributed by atoms with van der Waals surface area (Å²) in [4.78, 5) is 0. The maximum atomic E-state index is 11.6. The van der Waals surface area contributed by atoms with Crippen LogP contribution in [0, 0.1) is 0 Å². The quantitative estimate of drug-likeness (QED) is 0.609. The summed E-state index contributed by atoms with van der Waals surface area (Å²) >= 11 is 0. The second-order valence-corrected chi connectivity index (χ2v) is 3.84. The number of hydrogen-bond acceptors (Lipinski definition) is 3. The van der Waals surface area contributed by atoms with Crippen molar-refractivity contribution in [3.8, 4) is 0 Å². The summed E-state index contributed by atoms with van der Waals surface area (Å²) in [5, 5.41) is 0. The van der Waals surface area contributed by atoms with Gasteiger partial charge in [-0.05, 0) is 0 Å². The first-order chi connectivity index (χ1) is 6.64. The lowest BCUT2D eigenvalue weighted by Gasteiger charge is -2.17. The molecule has 92 valence electrons. The molecule has 0 rings (SSSR count). The molecule has 0 saturated heterocycles. The number of hydrogen-bond donors (Lipinski definition) is 1. The van der Waals surface area contributed by atoms with E-state index in [1.165, 1.54) is 0 Å². The molecule has 0 atom stereocenters. The Balaban J connectivity index is 3.84. The van der Waals surface area contributed by atoms with Crippen molar-refractivity contribution < 1.29 is 35.4 Å². The van der Waals surface area contributed by atoms with E-state index >= 15 is 0 Å². The second kappa shape index (κ2) is 5.83. The van der Waals surface area contributed by atoms with Crippen molar-refractivity contribution in [1.82, 2.24) is 0 Å². The van der Waals surface area contributed by atoms with Crippen LogP contribution in [-0.4, -0.2) is 31.9 Å². The summed E-state index contributed by atoms with van der Waals surface area (Å²) in [6, 6.07) is 0. The molecule has 0 aliphatic heterocycles. The van der Waals surface area contributed by atoms with E-state index in [1.807, 2.05) is 0 Å². The van der Waals surface area contributed by atoms with Gasteiger partial charge in [-0.2, -0.15) is 26.3 Å². The molecule has 0 aliphatic carbocycles. The molecule has 0 spiro atoms. The van der Waals surface area contributed by atoms with Crippen LogP contribution in [0.1, 0.15) is 0 Å². The van der Waals surface area contributed by atoms with Gasteiger partial charge in [-0.1, -0.05) is 0 Å². The topological polar surface area (TPSA) is 44.5 Å². The molecule has 0 bridgehead atoms. The molecule has 10 heteroatoms. The summed E-state index contributed by atoms with van der Waals surface area (Å²) in [5.41, 5.74) is 4.88. The van der Waals surface area contributed by atoms with Crippen molar-refractivity contribution in [2.24, 2.45) is 5.73 Å². The Bertz CT molecular complexity index is 165. The highest BCUT2D eigenvalue weighted by atomic mass is 31.2. The Morgan fingerprint density at radius 3 is 1.40 bits per heavy atom. The summed E-state index contributed by atoms with van der Waals surface area (Å²) < 4.78 is 77.6. The minimum absolute atomic E-state index is 0.526. The predicted octanol–water partition coefficient (Wildman–Crippen LogP) is 2.37. The van der Waals surface area contributed by atoms with Crippen molar-refractivity contribution in [2.45, 2.75) is 12.4 Å². The molecular weight excluding hydrogens is 251 g/mol. The third kappa shape index (κ3) is 10.2. The predicted molar refractivity (Wildman–Crippen MR) is 40.0 cm³/mol. The van der Waals surface area contributed by atoms with Gasteiger partial charge in [-0.15, -0.1) is 0 Å². The lowest BCUT2D eigenvalue weighted by atomic mass is 10.7. The molecule has 0 amide bonds. The molecule has 2 N–H and O–H groups in total. The van der Waals surface area contributed by atoms with Crippen LogP contribution >= 0.6 is 8.38 Å². The third-order valence-corrected chi connectivity index (χ3v) is 2.03. The second-order valence-electron chi connectivity index (χ2n) is 2.29. The number of halogens is 6. The summed E-state index contributed by atoms with van der Waals surface area (Å²) in [5.74, 6) is 0. The van der Waals surface area contributed by atoms with Crippen molar-refractivity contribution in [2.75, 3.05) is 19.5 Å². The average Bonchev–Trinajstić information content (AvgIpc) is 2.00. The molecule has 0 radical (unpaired) electrons. The third-order valence-electron chi connectivity index (χ3n) is 0.893. The van der Waals surface area contributed by atoms with Gasteiger partial charge < -0.3 is 14.8 Å². The van der Waals surface area contributed by atoms with Crippen molar-refractivity contribution in [1.29, 1.82) is 0 Å². The molecular formula is C5H8F6NO2P. The lowest BCUT2D eigenvalue weighted by Crippen LogP contribution is -2.20. The molecule has 0 aromatic carbocycles. The van der Waals surface area contributed by atoms with Crippen LogP contribution in [0.2, 0.25) is 0 Å². The van der Waals surface area contributed by atoms with Gasteiger partial charge in [-0.3, -0.25) is 0 Å². The van der Waals surface area contributed by atoms with Crippen molar-refractivity contribution in [3.05, 3.63) is 0 Å². The Labute approximate surface area is 82.4 Å². The van der Waals surface area contributed by atoms with Crippen LogP contribution in [0.3, 0.4) is 0 Å². The van der Waals surface area contributed by atoms with Crippen molar-refractivity contribution >= 4 is 8.38 Å². The Kier molecular flexibility index (Phi) is 5.79. The Hall–Kier alpha value is -0.110. The SMILES string of the molecule is NCP(OCC(F)(F)F)OCC(F)(F)F. The van der Waals surface area contributed by atoms with Crippen LogP contribution in [0.4, 0.5) is 26.3 Å². The summed E-state index contributed by atoms with van der Waals surface area (Å²) in [7, 11) is -2.35. The van der Waals surface area contributed by atoms with E-state index in [2.05, 4.69) is 9.05 Å². The molecule has 0 aliphatic rings. The zero-order valence-electron chi connectivity index (χ0n) is 7.23. The normalized spacial score (nSPS) is 13.6. The van der Waals surface area contributed by atoms with E-state index in [-0.39, 0.29) is 0 Å². The molecule has 15 heavy (non-hydrogen) atoms. The van der Waals surface area contributed by atoms with Gasteiger partial charge in [0.25, 0.3) is 0 Å². The van der Waals surface area contributed by atoms with Gasteiger partial charge >= 0.3 is 12.4 Å². The van der Waals surface area contributed by atoms with E-state index in [0.29, 0.717) is 0 Å². The molecule has 0 fully saturated rings. The lowest BCUT2D eigenvalue weighted by molar-refractivity contribution is -0.162. The standard InChI is InChI=1S/C5H8F6NO2P/c6-4(7,8)1-13-15(3-12)14-2-5(9,10)11/h1-3,12H2. The minimum Gasteiger partial charge on any atom is -0.324 e. The zero-order valence-corrected chi connectivity index (χ0v) is 8.12. The smallest absolute Gasteiger partial charge is 0.324 e. The van der Waals surface area contributed by atoms with E-state index in [4.69, 9.17) is 5.73 Å².